The summed E-state index contributed by atoms with van der Waals surface area (Å²) in [6.07, 6.45) is 0. The van der Waals surface area contributed by atoms with Crippen LogP contribution in [0.15, 0.2) is 40.3 Å². The molecular formula is C15H8Cl2F2N2O4S. The Bertz CT molecular complexity index is 1240. The van der Waals surface area contributed by atoms with Gasteiger partial charge in [0.05, 0.1) is 25.4 Å². The summed E-state index contributed by atoms with van der Waals surface area (Å²) in [4.78, 5) is 12.2. The average molecular weight is 421 g/mol. The zero-order valence-corrected chi connectivity index (χ0v) is 15.2. The Balaban J connectivity index is 2.43. The molecule has 0 radical (unpaired) electrons. The molecule has 3 aromatic rings. The molecule has 0 aliphatic heterocycles. The van der Waals surface area contributed by atoms with Crippen molar-refractivity contribution in [1.29, 1.82) is 0 Å². The Kier molecular flexibility index (Phi) is 4.41. The number of hydrogen-bond acceptors (Lipinski definition) is 4. The van der Waals surface area contributed by atoms with Gasteiger partial charge in [-0.1, -0.05) is 23.2 Å². The fourth-order valence-electron chi connectivity index (χ4n) is 2.43. The van der Waals surface area contributed by atoms with E-state index in [0.717, 1.165) is 19.1 Å². The molecule has 2 aromatic carbocycles. The van der Waals surface area contributed by atoms with Gasteiger partial charge in [-0.15, -0.1) is 0 Å². The number of hydrogen-bond donors (Lipinski definition) is 0. The first-order valence-corrected chi connectivity index (χ1v) is 9.14. The lowest BCUT2D eigenvalue weighted by molar-refractivity contribution is -0.512. The summed E-state index contributed by atoms with van der Waals surface area (Å²) in [7, 11) is -4.51. The second-order valence-electron chi connectivity index (χ2n) is 5.31. The SMILES string of the molecule is Cc1c(S(=O)(=O)c2ccc(Cl)c(Cl)c2)[n+](=O)c2cc(F)c(F)cc2n1[O-]. The molecule has 0 spiro atoms. The van der Waals surface area contributed by atoms with Gasteiger partial charge in [-0.3, -0.25) is 0 Å². The largest absolute Gasteiger partial charge is 0.805 e. The standard InChI is InChI=1S/C15H8Cl2F2N2O4S/c1-7-15(26(24,25)8-2-3-9(16)10(17)4-8)21(23)14-6-12(19)11(18)5-13(14)20(7)22/h2-6H,1H3. The van der Waals surface area contributed by atoms with Crippen LogP contribution in [0, 0.1) is 28.7 Å². The summed E-state index contributed by atoms with van der Waals surface area (Å²) >= 11 is 11.6. The second-order valence-corrected chi connectivity index (χ2v) is 7.99. The van der Waals surface area contributed by atoms with Gasteiger partial charge in [0, 0.05) is 11.0 Å². The zero-order chi connectivity index (χ0) is 19.4. The Morgan fingerprint density at radius 2 is 1.69 bits per heavy atom. The second kappa shape index (κ2) is 6.19. The van der Waals surface area contributed by atoms with Crippen LogP contribution in [0.2, 0.25) is 10.0 Å². The molecule has 1 heterocycles. The Labute approximate surface area is 155 Å². The molecule has 3 rings (SSSR count). The summed E-state index contributed by atoms with van der Waals surface area (Å²) < 4.78 is 52.5. The maximum atomic E-state index is 13.5. The minimum absolute atomic E-state index is 0.0522. The Hall–Kier alpha value is -2.23. The fraction of sp³-hybridized carbons (Fsp3) is 0.0667. The molecule has 0 unspecified atom stereocenters. The molecular weight excluding hydrogens is 413 g/mol. The predicted molar refractivity (Wildman–Crippen MR) is 90.6 cm³/mol. The number of rotatable bonds is 2. The van der Waals surface area contributed by atoms with Gasteiger partial charge in [0.2, 0.25) is 0 Å². The number of aromatic nitrogens is 2. The highest BCUT2D eigenvalue weighted by Crippen LogP contribution is 2.29. The van der Waals surface area contributed by atoms with E-state index in [1.54, 1.807) is 0 Å². The van der Waals surface area contributed by atoms with Crippen LogP contribution < -0.4 is 4.43 Å². The van der Waals surface area contributed by atoms with E-state index >= 15 is 0 Å². The first kappa shape index (κ1) is 18.6. The highest BCUT2D eigenvalue weighted by molar-refractivity contribution is 7.91. The molecule has 11 heteroatoms. The first-order valence-electron chi connectivity index (χ1n) is 6.90. The van der Waals surface area contributed by atoms with Crippen molar-refractivity contribution in [3.8, 4) is 0 Å². The van der Waals surface area contributed by atoms with Crippen LogP contribution >= 0.6 is 23.2 Å². The minimum atomic E-state index is -4.51. The van der Waals surface area contributed by atoms with Crippen molar-refractivity contribution in [3.05, 3.63) is 67.8 Å². The molecule has 136 valence electrons. The van der Waals surface area contributed by atoms with Gasteiger partial charge >= 0.3 is 5.03 Å². The number of fused-ring (bicyclic) bond motifs is 1. The third-order valence-electron chi connectivity index (χ3n) is 3.71. The summed E-state index contributed by atoms with van der Waals surface area (Å²) in [6.45, 7) is 1.08. The van der Waals surface area contributed by atoms with Crippen LogP contribution in [0.4, 0.5) is 8.78 Å². The number of halogens is 4. The molecule has 0 amide bonds. The van der Waals surface area contributed by atoms with Gasteiger partial charge in [-0.05, 0) is 25.1 Å². The maximum absolute atomic E-state index is 13.5. The van der Waals surface area contributed by atoms with Crippen molar-refractivity contribution in [2.24, 2.45) is 0 Å². The number of benzene rings is 2. The summed E-state index contributed by atoms with van der Waals surface area (Å²) in [5.41, 5.74) is -1.66. The number of nitrogens with zero attached hydrogens (tertiary/aromatic N) is 2. The molecule has 0 saturated heterocycles. The lowest BCUT2D eigenvalue weighted by Crippen LogP contribution is -2.30. The van der Waals surface area contributed by atoms with Gasteiger partial charge in [0.25, 0.3) is 15.4 Å². The van der Waals surface area contributed by atoms with Gasteiger partial charge in [0.15, 0.2) is 11.6 Å². The van der Waals surface area contributed by atoms with E-state index in [4.69, 9.17) is 23.2 Å². The maximum Gasteiger partial charge on any atom is 0.376 e. The van der Waals surface area contributed by atoms with Crippen molar-refractivity contribution in [1.82, 2.24) is 4.73 Å². The highest BCUT2D eigenvalue weighted by Gasteiger charge is 2.35. The molecule has 0 atom stereocenters. The third kappa shape index (κ3) is 2.72. The number of sulfone groups is 1. The van der Waals surface area contributed by atoms with E-state index in [1.165, 1.54) is 6.07 Å². The van der Waals surface area contributed by atoms with E-state index in [0.29, 0.717) is 12.1 Å². The normalized spacial score (nSPS) is 11.9. The Morgan fingerprint density at radius 3 is 2.31 bits per heavy atom. The molecule has 1 aromatic heterocycles. The molecule has 0 aliphatic carbocycles. The van der Waals surface area contributed by atoms with E-state index < -0.39 is 43.2 Å². The van der Waals surface area contributed by atoms with E-state index in [9.17, 15) is 27.3 Å². The fourth-order valence-corrected chi connectivity index (χ4v) is 4.33. The topological polar surface area (TPSA) is 85.1 Å². The van der Waals surface area contributed by atoms with Crippen molar-refractivity contribution >= 4 is 44.1 Å². The van der Waals surface area contributed by atoms with Crippen LogP contribution in [-0.4, -0.2) is 13.1 Å². The monoisotopic (exact) mass is 420 g/mol. The quantitative estimate of drug-likeness (QED) is 0.592. The van der Waals surface area contributed by atoms with E-state index in [-0.39, 0.29) is 24.1 Å². The smallest absolute Gasteiger partial charge is 0.376 e. The first-order chi connectivity index (χ1) is 12.1. The molecule has 0 saturated carbocycles. The predicted octanol–water partition coefficient (Wildman–Crippen LogP) is 3.63. The van der Waals surface area contributed by atoms with Gasteiger partial charge in [-0.25, -0.2) is 17.2 Å². The molecule has 0 aliphatic rings. The zero-order valence-electron chi connectivity index (χ0n) is 12.8. The van der Waals surface area contributed by atoms with E-state index in [1.807, 2.05) is 0 Å². The van der Waals surface area contributed by atoms with Crippen LogP contribution in [0.3, 0.4) is 0 Å². The van der Waals surface area contributed by atoms with Crippen LogP contribution in [0.5, 0.6) is 0 Å². The molecule has 0 N–H and O–H groups in total. The summed E-state index contributed by atoms with van der Waals surface area (Å²) in [5.74, 6) is -2.74. The van der Waals surface area contributed by atoms with Crippen LogP contribution in [0.1, 0.15) is 5.69 Å². The van der Waals surface area contributed by atoms with Crippen molar-refractivity contribution in [2.45, 2.75) is 16.8 Å². The highest BCUT2D eigenvalue weighted by atomic mass is 35.5. The minimum Gasteiger partial charge on any atom is -0.805 e. The van der Waals surface area contributed by atoms with Crippen LogP contribution in [0.25, 0.3) is 11.0 Å². The summed E-state index contributed by atoms with van der Waals surface area (Å²) in [6, 6.07) is 4.31. The van der Waals surface area contributed by atoms with Crippen molar-refractivity contribution in [3.63, 3.8) is 0 Å². The van der Waals surface area contributed by atoms with Gasteiger partial charge in [-0.2, -0.15) is 0 Å². The van der Waals surface area contributed by atoms with Crippen molar-refractivity contribution in [2.75, 3.05) is 0 Å². The average Bonchev–Trinajstić information content (AvgIpc) is 2.57. The molecule has 6 nitrogen and oxygen atoms in total. The lowest BCUT2D eigenvalue weighted by atomic mass is 10.2. The molecule has 0 fully saturated rings. The summed E-state index contributed by atoms with van der Waals surface area (Å²) in [5, 5.41) is 11.4. The van der Waals surface area contributed by atoms with Crippen molar-refractivity contribution < 1.29 is 21.6 Å². The lowest BCUT2D eigenvalue weighted by Gasteiger charge is -2.16. The third-order valence-corrected chi connectivity index (χ3v) is 6.29. The van der Waals surface area contributed by atoms with Crippen LogP contribution in [-0.2, 0) is 9.84 Å². The Morgan fingerprint density at radius 1 is 1.08 bits per heavy atom. The molecule has 0 bridgehead atoms. The molecule has 26 heavy (non-hydrogen) atoms. The van der Waals surface area contributed by atoms with Gasteiger partial charge in [0.1, 0.15) is 11.2 Å². The van der Waals surface area contributed by atoms with Gasteiger partial charge < -0.3 is 9.94 Å². The van der Waals surface area contributed by atoms with E-state index in [2.05, 4.69) is 0 Å².